The molecule has 2 aromatic carbocycles. The van der Waals surface area contributed by atoms with Crippen molar-refractivity contribution in [1.82, 2.24) is 5.32 Å². The van der Waals surface area contributed by atoms with Crippen molar-refractivity contribution >= 4 is 21.6 Å². The number of anilines is 1. The number of hydrogen-bond acceptors (Lipinski definition) is 3. The molecule has 29 heavy (non-hydrogen) atoms. The summed E-state index contributed by atoms with van der Waals surface area (Å²) in [5.74, 6) is -2.46. The lowest BCUT2D eigenvalue weighted by Gasteiger charge is -2.24. The lowest BCUT2D eigenvalue weighted by atomic mass is 9.89. The molecule has 5 nitrogen and oxygen atoms in total. The van der Waals surface area contributed by atoms with Crippen LogP contribution < -0.4 is 9.62 Å². The minimum Gasteiger partial charge on any atom is -0.348 e. The van der Waals surface area contributed by atoms with E-state index in [4.69, 9.17) is 0 Å². The quantitative estimate of drug-likeness (QED) is 0.775. The summed E-state index contributed by atoms with van der Waals surface area (Å²) in [7, 11) is -3.95. The molecule has 0 aliphatic heterocycles. The zero-order chi connectivity index (χ0) is 21.2. The monoisotopic (exact) mass is 422 g/mol. The van der Waals surface area contributed by atoms with Gasteiger partial charge in [-0.3, -0.25) is 9.10 Å². The van der Waals surface area contributed by atoms with Gasteiger partial charge in [-0.1, -0.05) is 18.2 Å². The molecule has 8 heteroatoms. The first-order valence-electron chi connectivity index (χ1n) is 9.49. The Balaban J connectivity index is 1.75. The van der Waals surface area contributed by atoms with E-state index in [0.717, 1.165) is 43.2 Å². The van der Waals surface area contributed by atoms with Crippen LogP contribution in [0.2, 0.25) is 0 Å². The smallest absolute Gasteiger partial charge is 0.241 e. The Kier molecular flexibility index (Phi) is 6.21. The molecule has 0 saturated carbocycles. The molecular weight excluding hydrogens is 398 g/mol. The summed E-state index contributed by atoms with van der Waals surface area (Å²) in [5.41, 5.74) is 3.16. The number of halogens is 2. The van der Waals surface area contributed by atoms with Gasteiger partial charge >= 0.3 is 0 Å². The van der Waals surface area contributed by atoms with Crippen LogP contribution in [0.1, 0.15) is 42.5 Å². The van der Waals surface area contributed by atoms with Crippen LogP contribution in [0, 0.1) is 11.6 Å². The van der Waals surface area contributed by atoms with Gasteiger partial charge in [-0.05, 0) is 61.4 Å². The number of amides is 1. The first-order chi connectivity index (χ1) is 13.6. The minimum atomic E-state index is -3.95. The Labute approximate surface area is 169 Å². The highest BCUT2D eigenvalue weighted by Crippen LogP contribution is 2.25. The topological polar surface area (TPSA) is 66.5 Å². The van der Waals surface area contributed by atoms with Gasteiger partial charge in [-0.15, -0.1) is 0 Å². The third-order valence-electron chi connectivity index (χ3n) is 5.12. The highest BCUT2D eigenvalue weighted by Gasteiger charge is 2.25. The lowest BCUT2D eigenvalue weighted by Crippen LogP contribution is -2.41. The van der Waals surface area contributed by atoms with Gasteiger partial charge in [0.15, 0.2) is 0 Å². The second kappa shape index (κ2) is 8.49. The molecule has 0 bridgehead atoms. The van der Waals surface area contributed by atoms with Gasteiger partial charge in [-0.2, -0.15) is 0 Å². The van der Waals surface area contributed by atoms with E-state index < -0.39 is 34.1 Å². The van der Waals surface area contributed by atoms with Gasteiger partial charge in [0.2, 0.25) is 15.9 Å². The van der Waals surface area contributed by atoms with Gasteiger partial charge in [0, 0.05) is 6.07 Å². The lowest BCUT2D eigenvalue weighted by molar-refractivity contribution is -0.120. The normalized spacial score (nSPS) is 14.8. The number of hydrogen-bond donors (Lipinski definition) is 1. The number of aryl methyl sites for hydroxylation is 2. The van der Waals surface area contributed by atoms with Gasteiger partial charge < -0.3 is 5.32 Å². The van der Waals surface area contributed by atoms with E-state index in [2.05, 4.69) is 17.4 Å². The molecule has 1 atom stereocenters. The van der Waals surface area contributed by atoms with Gasteiger partial charge in [0.25, 0.3) is 0 Å². The summed E-state index contributed by atoms with van der Waals surface area (Å²) in [4.78, 5) is 12.5. The Bertz CT molecular complexity index is 1020. The number of rotatable bonds is 6. The second-order valence-electron chi connectivity index (χ2n) is 7.39. The van der Waals surface area contributed by atoms with Crippen molar-refractivity contribution in [2.75, 3.05) is 17.1 Å². The molecule has 0 saturated heterocycles. The largest absolute Gasteiger partial charge is 0.348 e. The van der Waals surface area contributed by atoms with Gasteiger partial charge in [0.05, 0.1) is 18.0 Å². The van der Waals surface area contributed by atoms with Crippen LogP contribution in [0.3, 0.4) is 0 Å². The first-order valence-corrected chi connectivity index (χ1v) is 11.3. The van der Waals surface area contributed by atoms with Crippen LogP contribution in [-0.4, -0.2) is 27.1 Å². The average Bonchev–Trinajstić information content (AvgIpc) is 2.65. The van der Waals surface area contributed by atoms with E-state index >= 15 is 0 Å². The highest BCUT2D eigenvalue weighted by atomic mass is 32.2. The van der Waals surface area contributed by atoms with E-state index in [1.165, 1.54) is 17.5 Å². The number of fused-ring (bicyclic) bond motifs is 1. The number of nitrogens with zero attached hydrogens (tertiary/aromatic N) is 1. The molecule has 3 rings (SSSR count). The van der Waals surface area contributed by atoms with Crippen molar-refractivity contribution in [2.45, 2.75) is 38.6 Å². The maximum absolute atomic E-state index is 14.1. The third kappa shape index (κ3) is 5.12. The molecule has 0 spiro atoms. The predicted octanol–water partition coefficient (Wildman–Crippen LogP) is 3.49. The van der Waals surface area contributed by atoms with Crippen LogP contribution in [0.15, 0.2) is 36.4 Å². The Hall–Kier alpha value is -2.48. The van der Waals surface area contributed by atoms with Crippen LogP contribution in [-0.2, 0) is 27.7 Å². The van der Waals surface area contributed by atoms with Crippen molar-refractivity contribution < 1.29 is 22.0 Å². The molecule has 0 fully saturated rings. The van der Waals surface area contributed by atoms with E-state index in [0.29, 0.717) is 10.4 Å². The molecule has 156 valence electrons. The summed E-state index contributed by atoms with van der Waals surface area (Å²) in [6.07, 6.45) is 5.26. The van der Waals surface area contributed by atoms with Crippen molar-refractivity contribution in [3.05, 3.63) is 64.7 Å². The fourth-order valence-electron chi connectivity index (χ4n) is 3.59. The third-order valence-corrected chi connectivity index (χ3v) is 6.24. The Morgan fingerprint density at radius 1 is 1.10 bits per heavy atom. The molecule has 0 aromatic heterocycles. The summed E-state index contributed by atoms with van der Waals surface area (Å²) < 4.78 is 52.1. The average molecular weight is 422 g/mol. The standard InChI is InChI=1S/C21H24F2N2O3S/c1-14(16-8-7-15-5-3-4-6-17(15)11-16)24-21(26)13-25(29(2,27)28)20-10-9-18(22)12-19(20)23/h7-12,14H,3-6,13H2,1-2H3,(H,24,26)/t14-/m0/s1. The number of benzene rings is 2. The summed E-state index contributed by atoms with van der Waals surface area (Å²) in [5, 5.41) is 2.76. The molecule has 2 aromatic rings. The summed E-state index contributed by atoms with van der Waals surface area (Å²) >= 11 is 0. The number of nitrogens with one attached hydrogen (secondary N) is 1. The van der Waals surface area contributed by atoms with E-state index in [1.807, 2.05) is 13.0 Å². The van der Waals surface area contributed by atoms with Crippen molar-refractivity contribution in [3.63, 3.8) is 0 Å². The highest BCUT2D eigenvalue weighted by molar-refractivity contribution is 7.92. The van der Waals surface area contributed by atoms with Crippen molar-refractivity contribution in [3.8, 4) is 0 Å². The Morgan fingerprint density at radius 3 is 2.45 bits per heavy atom. The second-order valence-corrected chi connectivity index (χ2v) is 9.30. The van der Waals surface area contributed by atoms with Crippen molar-refractivity contribution in [2.24, 2.45) is 0 Å². The molecule has 0 radical (unpaired) electrons. The minimum absolute atomic E-state index is 0.339. The van der Waals surface area contributed by atoms with Crippen LogP contribution >= 0.6 is 0 Å². The number of sulfonamides is 1. The van der Waals surface area contributed by atoms with E-state index in [9.17, 15) is 22.0 Å². The molecule has 0 unspecified atom stereocenters. The molecule has 1 N–H and O–H groups in total. The number of carbonyl (C=O) groups is 1. The molecule has 1 aliphatic carbocycles. The Morgan fingerprint density at radius 2 is 1.79 bits per heavy atom. The van der Waals surface area contributed by atoms with E-state index in [1.54, 1.807) is 0 Å². The maximum Gasteiger partial charge on any atom is 0.241 e. The van der Waals surface area contributed by atoms with Crippen LogP contribution in [0.25, 0.3) is 0 Å². The van der Waals surface area contributed by atoms with Crippen molar-refractivity contribution in [1.29, 1.82) is 0 Å². The summed E-state index contributed by atoms with van der Waals surface area (Å²) in [6, 6.07) is 8.31. The van der Waals surface area contributed by atoms with Crippen LogP contribution in [0.4, 0.5) is 14.5 Å². The molecule has 1 aliphatic rings. The zero-order valence-electron chi connectivity index (χ0n) is 16.4. The molecule has 0 heterocycles. The van der Waals surface area contributed by atoms with Gasteiger partial charge in [-0.25, -0.2) is 17.2 Å². The fourth-order valence-corrected chi connectivity index (χ4v) is 4.45. The fraction of sp³-hybridized carbons (Fsp3) is 0.381. The summed E-state index contributed by atoms with van der Waals surface area (Å²) in [6.45, 7) is 1.21. The molecular formula is C21H24F2N2O3S. The molecule has 1 amide bonds. The van der Waals surface area contributed by atoms with E-state index in [-0.39, 0.29) is 11.7 Å². The maximum atomic E-state index is 14.1. The predicted molar refractivity (Wildman–Crippen MR) is 108 cm³/mol. The first kappa shape index (κ1) is 21.2. The number of carbonyl (C=O) groups excluding carboxylic acids is 1. The SMILES string of the molecule is C[C@H](NC(=O)CN(c1ccc(F)cc1F)S(C)(=O)=O)c1ccc2c(c1)CCCC2. The van der Waals surface area contributed by atoms with Gasteiger partial charge in [0.1, 0.15) is 18.2 Å². The van der Waals surface area contributed by atoms with Crippen LogP contribution in [0.5, 0.6) is 0 Å². The zero-order valence-corrected chi connectivity index (χ0v) is 17.2.